The highest BCUT2D eigenvalue weighted by molar-refractivity contribution is 5.89. The number of rotatable bonds is 11. The van der Waals surface area contributed by atoms with Crippen molar-refractivity contribution < 1.29 is 27.8 Å². The van der Waals surface area contributed by atoms with Gasteiger partial charge < -0.3 is 9.47 Å². The molecule has 0 amide bonds. The Bertz CT molecular complexity index is 1220. The van der Waals surface area contributed by atoms with E-state index < -0.39 is 35.8 Å². The molecule has 0 fully saturated rings. The van der Waals surface area contributed by atoms with Crippen LogP contribution < -0.4 is 0 Å². The van der Waals surface area contributed by atoms with E-state index in [-0.39, 0.29) is 12.2 Å². The van der Waals surface area contributed by atoms with Crippen molar-refractivity contribution in [1.29, 1.82) is 0 Å². The first-order valence-corrected chi connectivity index (χ1v) is 12.3. The largest absolute Gasteiger partial charge is 0.451 e. The van der Waals surface area contributed by atoms with E-state index in [9.17, 15) is 18.4 Å². The lowest BCUT2D eigenvalue weighted by Gasteiger charge is -2.38. The molecule has 4 rings (SSSR count). The first-order valence-electron chi connectivity index (χ1n) is 12.3. The molecule has 194 valence electrons. The van der Waals surface area contributed by atoms with Crippen molar-refractivity contribution in [3.8, 4) is 0 Å². The standard InChI is InChI=1S/C32H28F2O4/c1-24(29(31(33,34)23-35)38-30(36)25-14-6-2-7-15-25)22-37-32(26-16-8-3-9-17-26,27-18-10-4-11-19-27)28-20-12-5-13-21-28/h2-21,23-24,29H,22H2,1H3/t24-,29?/m1/s1. The molecule has 0 N–H and O–H groups in total. The van der Waals surface area contributed by atoms with E-state index in [0.29, 0.717) is 0 Å². The van der Waals surface area contributed by atoms with E-state index in [4.69, 9.17) is 9.47 Å². The molecule has 1 unspecified atom stereocenters. The third-order valence-corrected chi connectivity index (χ3v) is 6.40. The summed E-state index contributed by atoms with van der Waals surface area (Å²) in [7, 11) is 0. The number of alkyl halides is 2. The summed E-state index contributed by atoms with van der Waals surface area (Å²) in [6, 6.07) is 36.3. The summed E-state index contributed by atoms with van der Waals surface area (Å²) >= 11 is 0. The summed E-state index contributed by atoms with van der Waals surface area (Å²) < 4.78 is 41.5. The molecule has 0 aromatic heterocycles. The van der Waals surface area contributed by atoms with Crippen LogP contribution in [0.5, 0.6) is 0 Å². The van der Waals surface area contributed by atoms with E-state index in [0.717, 1.165) is 16.7 Å². The minimum atomic E-state index is -3.91. The minimum Gasteiger partial charge on any atom is -0.451 e. The van der Waals surface area contributed by atoms with Crippen LogP contribution in [0.2, 0.25) is 0 Å². The van der Waals surface area contributed by atoms with Gasteiger partial charge in [-0.05, 0) is 28.8 Å². The topological polar surface area (TPSA) is 52.6 Å². The van der Waals surface area contributed by atoms with Gasteiger partial charge in [0.15, 0.2) is 12.4 Å². The van der Waals surface area contributed by atoms with Gasteiger partial charge in [0, 0.05) is 5.92 Å². The van der Waals surface area contributed by atoms with Gasteiger partial charge in [0.25, 0.3) is 0 Å². The van der Waals surface area contributed by atoms with Crippen LogP contribution in [0.15, 0.2) is 121 Å². The summed E-state index contributed by atoms with van der Waals surface area (Å²) in [6.07, 6.45) is -2.52. The van der Waals surface area contributed by atoms with Crippen LogP contribution in [0.3, 0.4) is 0 Å². The molecule has 0 saturated carbocycles. The maximum atomic E-state index is 14.8. The fourth-order valence-electron chi connectivity index (χ4n) is 4.51. The lowest BCUT2D eigenvalue weighted by Crippen LogP contribution is -2.46. The Morgan fingerprint density at radius 3 is 1.53 bits per heavy atom. The second-order valence-corrected chi connectivity index (χ2v) is 9.05. The molecule has 4 aromatic carbocycles. The Morgan fingerprint density at radius 1 is 0.737 bits per heavy atom. The molecular weight excluding hydrogens is 486 g/mol. The van der Waals surface area contributed by atoms with Gasteiger partial charge in [-0.3, -0.25) is 4.79 Å². The van der Waals surface area contributed by atoms with Gasteiger partial charge in [-0.1, -0.05) is 116 Å². The van der Waals surface area contributed by atoms with Crippen LogP contribution in [0.4, 0.5) is 8.78 Å². The maximum Gasteiger partial charge on any atom is 0.338 e. The van der Waals surface area contributed by atoms with E-state index in [1.807, 2.05) is 91.0 Å². The van der Waals surface area contributed by atoms with Gasteiger partial charge in [-0.15, -0.1) is 0 Å². The zero-order valence-electron chi connectivity index (χ0n) is 20.9. The van der Waals surface area contributed by atoms with Crippen LogP contribution in [0.1, 0.15) is 34.0 Å². The number of ether oxygens (including phenoxy) is 2. The van der Waals surface area contributed by atoms with Gasteiger partial charge in [-0.25, -0.2) is 4.79 Å². The lowest BCUT2D eigenvalue weighted by atomic mass is 9.80. The highest BCUT2D eigenvalue weighted by Gasteiger charge is 2.47. The first-order chi connectivity index (χ1) is 18.4. The van der Waals surface area contributed by atoms with Crippen LogP contribution in [-0.2, 0) is 19.9 Å². The van der Waals surface area contributed by atoms with Crippen molar-refractivity contribution in [1.82, 2.24) is 0 Å². The molecular formula is C32H28F2O4. The summed E-state index contributed by atoms with van der Waals surface area (Å²) in [6.45, 7) is 1.24. The monoisotopic (exact) mass is 514 g/mol. The molecule has 0 bridgehead atoms. The van der Waals surface area contributed by atoms with Crippen molar-refractivity contribution in [2.75, 3.05) is 6.61 Å². The molecule has 0 radical (unpaired) electrons. The number of halogens is 2. The molecule has 0 aliphatic heterocycles. The molecule has 2 atom stereocenters. The predicted octanol–water partition coefficient (Wildman–Crippen LogP) is 6.69. The number of carbonyl (C=O) groups excluding carboxylic acids is 2. The van der Waals surface area contributed by atoms with Gasteiger partial charge >= 0.3 is 11.9 Å². The number of hydrogen-bond acceptors (Lipinski definition) is 4. The number of esters is 1. The fraction of sp³-hybridized carbons (Fsp3) is 0.188. The molecule has 0 aliphatic carbocycles. The second kappa shape index (κ2) is 11.9. The molecule has 6 heteroatoms. The molecule has 0 aliphatic rings. The summed E-state index contributed by atoms with van der Waals surface area (Å²) in [5.41, 5.74) is 1.35. The van der Waals surface area contributed by atoms with Gasteiger partial charge in [0.2, 0.25) is 0 Å². The van der Waals surface area contributed by atoms with Crippen molar-refractivity contribution in [2.45, 2.75) is 24.6 Å². The lowest BCUT2D eigenvalue weighted by molar-refractivity contribution is -0.160. The number of carbonyl (C=O) groups is 2. The second-order valence-electron chi connectivity index (χ2n) is 9.05. The van der Waals surface area contributed by atoms with Crippen LogP contribution in [-0.4, -0.2) is 30.9 Å². The normalized spacial score (nSPS) is 13.3. The molecule has 0 saturated heterocycles. The zero-order valence-corrected chi connectivity index (χ0v) is 20.9. The average molecular weight is 515 g/mol. The Kier molecular flexibility index (Phi) is 8.44. The van der Waals surface area contributed by atoms with Gasteiger partial charge in [0.05, 0.1) is 12.2 Å². The summed E-state index contributed by atoms with van der Waals surface area (Å²) in [4.78, 5) is 24.0. The Morgan fingerprint density at radius 2 is 1.13 bits per heavy atom. The van der Waals surface area contributed by atoms with Crippen LogP contribution in [0.25, 0.3) is 0 Å². The number of aldehydes is 1. The van der Waals surface area contributed by atoms with Gasteiger partial charge in [-0.2, -0.15) is 8.78 Å². The van der Waals surface area contributed by atoms with Crippen molar-refractivity contribution in [3.63, 3.8) is 0 Å². The number of benzene rings is 4. The van der Waals surface area contributed by atoms with E-state index in [1.54, 1.807) is 18.2 Å². The first kappa shape index (κ1) is 26.9. The van der Waals surface area contributed by atoms with E-state index in [2.05, 4.69) is 0 Å². The highest BCUT2D eigenvalue weighted by atomic mass is 19.3. The van der Waals surface area contributed by atoms with E-state index in [1.165, 1.54) is 19.1 Å². The zero-order chi connectivity index (χ0) is 27.0. The SMILES string of the molecule is C[C@H](COC(c1ccccc1)(c1ccccc1)c1ccccc1)C(OC(=O)c1ccccc1)C(F)(F)C=O. The minimum absolute atomic E-state index is 0.111. The molecule has 0 heterocycles. The molecule has 4 aromatic rings. The summed E-state index contributed by atoms with van der Waals surface area (Å²) in [5, 5.41) is 0. The third-order valence-electron chi connectivity index (χ3n) is 6.40. The van der Waals surface area contributed by atoms with Gasteiger partial charge in [0.1, 0.15) is 5.60 Å². The van der Waals surface area contributed by atoms with Crippen molar-refractivity contribution >= 4 is 12.3 Å². The Labute approximate surface area is 220 Å². The average Bonchev–Trinajstić information content (AvgIpc) is 2.98. The molecule has 4 nitrogen and oxygen atoms in total. The molecule has 38 heavy (non-hydrogen) atoms. The summed E-state index contributed by atoms with van der Waals surface area (Å²) in [5.74, 6) is -5.90. The maximum absolute atomic E-state index is 14.8. The fourth-order valence-corrected chi connectivity index (χ4v) is 4.51. The quantitative estimate of drug-likeness (QED) is 0.127. The highest BCUT2D eigenvalue weighted by Crippen LogP contribution is 2.41. The Hall–Kier alpha value is -4.16. The number of hydrogen-bond donors (Lipinski definition) is 0. The Balaban J connectivity index is 1.72. The predicted molar refractivity (Wildman–Crippen MR) is 141 cm³/mol. The third kappa shape index (κ3) is 5.71. The van der Waals surface area contributed by atoms with Crippen molar-refractivity contribution in [3.05, 3.63) is 144 Å². The van der Waals surface area contributed by atoms with Crippen LogP contribution in [0, 0.1) is 5.92 Å². The smallest absolute Gasteiger partial charge is 0.338 e. The van der Waals surface area contributed by atoms with Crippen molar-refractivity contribution in [2.24, 2.45) is 5.92 Å². The van der Waals surface area contributed by atoms with Crippen LogP contribution >= 0.6 is 0 Å². The van der Waals surface area contributed by atoms with E-state index >= 15 is 0 Å². The molecule has 0 spiro atoms.